The van der Waals surface area contributed by atoms with Crippen LogP contribution in [0.2, 0.25) is 5.02 Å². The fourth-order valence-electron chi connectivity index (χ4n) is 5.58. The number of rotatable bonds is 2. The maximum Gasteiger partial charge on any atom is 0.263 e. The van der Waals surface area contributed by atoms with Crippen molar-refractivity contribution in [3.05, 3.63) is 85.7 Å². The Morgan fingerprint density at radius 3 is 2.48 bits per heavy atom. The van der Waals surface area contributed by atoms with Gasteiger partial charge in [0.05, 0.1) is 16.3 Å². The van der Waals surface area contributed by atoms with E-state index in [1.807, 2.05) is 0 Å². The van der Waals surface area contributed by atoms with Gasteiger partial charge in [-0.1, -0.05) is 35.9 Å². The van der Waals surface area contributed by atoms with Crippen LogP contribution in [0.5, 0.6) is 0 Å². The SMILES string of the molecule is Cc1c(F)ccc(-n2c(C)nc(N3CCC4(CC3)Cc3ccccc3[C@H]4N)c(C)c2=O)c1Cl. The topological polar surface area (TPSA) is 64.2 Å². The van der Waals surface area contributed by atoms with Crippen molar-refractivity contribution in [3.8, 4) is 5.69 Å². The van der Waals surface area contributed by atoms with Crippen molar-refractivity contribution in [2.24, 2.45) is 11.1 Å². The molecule has 1 aliphatic heterocycles. The van der Waals surface area contributed by atoms with Gasteiger partial charge in [0.25, 0.3) is 5.56 Å². The van der Waals surface area contributed by atoms with E-state index in [0.29, 0.717) is 28.5 Å². The number of aryl methyl sites for hydroxylation is 1. The Bertz CT molecular complexity index is 1310. The molecule has 1 atom stereocenters. The zero-order chi connectivity index (χ0) is 23.5. The zero-order valence-electron chi connectivity index (χ0n) is 19.2. The Hall–Kier alpha value is -2.70. The molecule has 0 saturated carbocycles. The summed E-state index contributed by atoms with van der Waals surface area (Å²) >= 11 is 6.39. The number of nitrogens with zero attached hydrogens (tertiary/aromatic N) is 3. The first-order valence-electron chi connectivity index (χ1n) is 11.4. The second-order valence-electron chi connectivity index (χ2n) is 9.46. The quantitative estimate of drug-likeness (QED) is 0.589. The van der Waals surface area contributed by atoms with Crippen molar-refractivity contribution in [1.29, 1.82) is 0 Å². The lowest BCUT2D eigenvalue weighted by Gasteiger charge is -2.43. The van der Waals surface area contributed by atoms with Crippen LogP contribution in [0.3, 0.4) is 0 Å². The third-order valence-electron chi connectivity index (χ3n) is 7.64. The minimum absolute atomic E-state index is 0.0449. The van der Waals surface area contributed by atoms with Crippen molar-refractivity contribution in [2.75, 3.05) is 18.0 Å². The summed E-state index contributed by atoms with van der Waals surface area (Å²) in [6.07, 6.45) is 2.91. The third kappa shape index (κ3) is 3.39. The van der Waals surface area contributed by atoms with Crippen LogP contribution >= 0.6 is 11.6 Å². The van der Waals surface area contributed by atoms with Gasteiger partial charge in [-0.3, -0.25) is 9.36 Å². The van der Waals surface area contributed by atoms with Crippen LogP contribution in [0.1, 0.15) is 47.0 Å². The van der Waals surface area contributed by atoms with Crippen molar-refractivity contribution < 1.29 is 4.39 Å². The molecule has 3 aromatic rings. The van der Waals surface area contributed by atoms with Crippen molar-refractivity contribution in [2.45, 2.75) is 46.1 Å². The van der Waals surface area contributed by atoms with Gasteiger partial charge >= 0.3 is 0 Å². The molecule has 5 nitrogen and oxygen atoms in total. The molecule has 172 valence electrons. The molecule has 0 unspecified atom stereocenters. The van der Waals surface area contributed by atoms with Crippen molar-refractivity contribution in [1.82, 2.24) is 9.55 Å². The number of nitrogens with two attached hydrogens (primary N) is 1. The number of anilines is 1. The summed E-state index contributed by atoms with van der Waals surface area (Å²) in [7, 11) is 0. The first-order chi connectivity index (χ1) is 15.7. The minimum Gasteiger partial charge on any atom is -0.356 e. The standard InChI is InChI=1S/C26H28ClFN4O/c1-15-20(28)8-9-21(22(15)27)32-17(3)30-24(16(2)25(32)33)31-12-10-26(11-13-31)14-18-6-4-5-7-19(18)23(26)29/h4-9,23H,10-14,29H2,1-3H3/t23-/m1/s1. The van der Waals surface area contributed by atoms with Gasteiger partial charge in [0.2, 0.25) is 0 Å². The lowest BCUT2D eigenvalue weighted by atomic mass is 9.73. The average molecular weight is 467 g/mol. The van der Waals surface area contributed by atoms with E-state index in [4.69, 9.17) is 22.3 Å². The monoisotopic (exact) mass is 466 g/mol. The summed E-state index contributed by atoms with van der Waals surface area (Å²) in [6, 6.07) is 11.4. The summed E-state index contributed by atoms with van der Waals surface area (Å²) in [5, 5.41) is 0.226. The number of hydrogen-bond acceptors (Lipinski definition) is 4. The average Bonchev–Trinajstić information content (AvgIpc) is 3.08. The predicted octanol–water partition coefficient (Wildman–Crippen LogP) is 4.79. The third-order valence-corrected chi connectivity index (χ3v) is 8.12. The molecule has 2 aliphatic rings. The number of halogens is 2. The molecule has 5 rings (SSSR count). The Balaban J connectivity index is 1.44. The number of aromatic nitrogens is 2. The van der Waals surface area contributed by atoms with Gasteiger partial charge in [-0.2, -0.15) is 0 Å². The predicted molar refractivity (Wildman–Crippen MR) is 130 cm³/mol. The second-order valence-corrected chi connectivity index (χ2v) is 9.83. The molecule has 0 amide bonds. The lowest BCUT2D eigenvalue weighted by Crippen LogP contribution is -2.45. The van der Waals surface area contributed by atoms with Gasteiger partial charge < -0.3 is 10.6 Å². The van der Waals surface area contributed by atoms with E-state index in [-0.39, 0.29) is 22.0 Å². The largest absolute Gasteiger partial charge is 0.356 e. The van der Waals surface area contributed by atoms with Crippen LogP contribution < -0.4 is 16.2 Å². The molecule has 1 saturated heterocycles. The summed E-state index contributed by atoms with van der Waals surface area (Å²) in [5.41, 5.74) is 10.6. The van der Waals surface area contributed by atoms with Crippen LogP contribution in [0.15, 0.2) is 41.2 Å². The van der Waals surface area contributed by atoms with Crippen molar-refractivity contribution >= 4 is 17.4 Å². The molecule has 1 aromatic heterocycles. The number of piperidine rings is 1. The minimum atomic E-state index is -0.398. The van der Waals surface area contributed by atoms with Crippen LogP contribution in [0.25, 0.3) is 5.69 Å². The second kappa shape index (κ2) is 7.96. The van der Waals surface area contributed by atoms with E-state index in [1.54, 1.807) is 20.8 Å². The van der Waals surface area contributed by atoms with E-state index < -0.39 is 5.82 Å². The molecule has 1 spiro atoms. The van der Waals surface area contributed by atoms with Crippen LogP contribution in [0.4, 0.5) is 10.2 Å². The highest BCUT2D eigenvalue weighted by atomic mass is 35.5. The van der Waals surface area contributed by atoms with Crippen LogP contribution in [-0.2, 0) is 6.42 Å². The summed E-state index contributed by atoms with van der Waals surface area (Å²) in [5.74, 6) is 0.840. The summed E-state index contributed by atoms with van der Waals surface area (Å²) in [4.78, 5) is 20.4. The Morgan fingerprint density at radius 2 is 1.79 bits per heavy atom. The lowest BCUT2D eigenvalue weighted by molar-refractivity contribution is 0.187. The van der Waals surface area contributed by atoms with E-state index in [2.05, 4.69) is 29.2 Å². The maximum absolute atomic E-state index is 13.9. The summed E-state index contributed by atoms with van der Waals surface area (Å²) < 4.78 is 15.4. The molecule has 2 heterocycles. The number of fused-ring (bicyclic) bond motifs is 1. The van der Waals surface area contributed by atoms with Gasteiger partial charge in [0.15, 0.2) is 0 Å². The molecule has 1 fully saturated rings. The van der Waals surface area contributed by atoms with Gasteiger partial charge in [-0.15, -0.1) is 0 Å². The normalized spacial score (nSPS) is 19.2. The Labute approximate surface area is 198 Å². The molecule has 7 heteroatoms. The van der Waals surface area contributed by atoms with Gasteiger partial charge in [0.1, 0.15) is 17.5 Å². The molecule has 0 bridgehead atoms. The zero-order valence-corrected chi connectivity index (χ0v) is 19.9. The van der Waals surface area contributed by atoms with E-state index in [9.17, 15) is 9.18 Å². The fourth-order valence-corrected chi connectivity index (χ4v) is 5.82. The van der Waals surface area contributed by atoms with Crippen molar-refractivity contribution in [3.63, 3.8) is 0 Å². The highest BCUT2D eigenvalue weighted by molar-refractivity contribution is 6.33. The Morgan fingerprint density at radius 1 is 1.09 bits per heavy atom. The highest BCUT2D eigenvalue weighted by Crippen LogP contribution is 2.51. The van der Waals surface area contributed by atoms with Crippen LogP contribution in [0, 0.1) is 32.0 Å². The fraction of sp³-hybridized carbons (Fsp3) is 0.385. The molecule has 0 radical (unpaired) electrons. The van der Waals surface area contributed by atoms with Gasteiger partial charge in [0, 0.05) is 24.7 Å². The highest BCUT2D eigenvalue weighted by Gasteiger charge is 2.46. The Kier molecular flexibility index (Phi) is 5.33. The molecule has 1 aliphatic carbocycles. The van der Waals surface area contributed by atoms with E-state index >= 15 is 0 Å². The maximum atomic E-state index is 13.9. The van der Waals surface area contributed by atoms with Gasteiger partial charge in [-0.25, -0.2) is 9.37 Å². The first-order valence-corrected chi connectivity index (χ1v) is 11.7. The molecular weight excluding hydrogens is 439 g/mol. The van der Waals surface area contributed by atoms with Crippen LogP contribution in [-0.4, -0.2) is 22.6 Å². The molecule has 2 N–H and O–H groups in total. The number of hydrogen-bond donors (Lipinski definition) is 1. The van der Waals surface area contributed by atoms with Gasteiger partial charge in [-0.05, 0) is 68.7 Å². The van der Waals surface area contributed by atoms with E-state index in [1.165, 1.54) is 27.8 Å². The first kappa shape index (κ1) is 22.1. The molecule has 2 aromatic carbocycles. The molecular formula is C26H28ClFN4O. The number of benzene rings is 2. The van der Waals surface area contributed by atoms with E-state index in [0.717, 1.165) is 32.4 Å². The smallest absolute Gasteiger partial charge is 0.263 e. The molecule has 33 heavy (non-hydrogen) atoms. The summed E-state index contributed by atoms with van der Waals surface area (Å²) in [6.45, 7) is 6.79.